The van der Waals surface area contributed by atoms with Crippen molar-refractivity contribution in [2.24, 2.45) is 0 Å². The topological polar surface area (TPSA) is 346 Å². The van der Waals surface area contributed by atoms with Gasteiger partial charge in [-0.2, -0.15) is 61.6 Å². The number of hydrogen-bond donors (Lipinski definition) is 8. The number of nitrogens with zero attached hydrogens (tertiary/aromatic N) is 12. The zero-order chi connectivity index (χ0) is 51.9. The van der Waals surface area contributed by atoms with E-state index in [1.807, 2.05) is 120 Å². The van der Waals surface area contributed by atoms with Gasteiger partial charge in [-0.25, -0.2) is 0 Å². The van der Waals surface area contributed by atoms with Crippen LogP contribution in [0.15, 0.2) is 37.2 Å². The summed E-state index contributed by atoms with van der Waals surface area (Å²) in [4.78, 5) is 0. The van der Waals surface area contributed by atoms with Gasteiger partial charge in [0.25, 0.3) is 0 Å². The van der Waals surface area contributed by atoms with Crippen LogP contribution in [0.2, 0.25) is 0 Å². The smallest absolute Gasteiger partial charge is 0.753 e. The Labute approximate surface area is 457 Å². The normalized spacial score (nSPS) is 6.81. The van der Waals surface area contributed by atoms with Gasteiger partial charge >= 0.3 is 51.2 Å². The van der Waals surface area contributed by atoms with Crippen LogP contribution in [0.25, 0.3) is 32.5 Å². The molecule has 0 amide bonds. The van der Waals surface area contributed by atoms with Gasteiger partial charge in [0, 0.05) is 48.4 Å². The first-order valence-corrected chi connectivity index (χ1v) is 19.5. The first-order valence-electron chi connectivity index (χ1n) is 17.1. The van der Waals surface area contributed by atoms with Crippen molar-refractivity contribution in [3.8, 4) is 0 Å². The molecule has 0 aromatic carbocycles. The Morgan fingerprint density at radius 1 is 0.299 bits per heavy atom. The molecular weight excluding hydrogens is 1120 g/mol. The maximum absolute atomic E-state index is 7.13. The summed E-state index contributed by atoms with van der Waals surface area (Å²) in [6, 6.07) is 0. The number of rotatable bonds is 0. The molecule has 67 heavy (non-hydrogen) atoms. The molecule has 6 aromatic rings. The largest absolute Gasteiger partial charge is 2.00 e. The van der Waals surface area contributed by atoms with Gasteiger partial charge in [-0.05, 0) is 116 Å². The average molecular weight is 1180 g/mol. The summed E-state index contributed by atoms with van der Waals surface area (Å²) in [5.41, 5.74) is 14.2. The van der Waals surface area contributed by atoms with Crippen molar-refractivity contribution in [2.45, 2.75) is 83.1 Å². The zero-order valence-corrected chi connectivity index (χ0v) is 46.8. The number of aromatic amines is 6. The summed E-state index contributed by atoms with van der Waals surface area (Å²) in [5, 5.41) is 104. The van der Waals surface area contributed by atoms with Gasteiger partial charge < -0.3 is 42.7 Å². The predicted octanol–water partition coefficient (Wildman–Crippen LogP) is 9.32. The summed E-state index contributed by atoms with van der Waals surface area (Å²) < 4.78 is 0. The molecule has 0 spiro atoms. The molecular formula is C38H56Cu3N18O2S6. The molecule has 6 heterocycles. The van der Waals surface area contributed by atoms with Crippen LogP contribution in [-0.2, 0) is 51.2 Å². The molecule has 379 valence electrons. The van der Waals surface area contributed by atoms with E-state index in [4.69, 9.17) is 42.7 Å². The van der Waals surface area contributed by atoms with E-state index in [2.05, 4.69) is 134 Å². The van der Waals surface area contributed by atoms with Crippen LogP contribution in [0.4, 0.5) is 0 Å². The van der Waals surface area contributed by atoms with E-state index in [-0.39, 0.29) is 51.2 Å². The second-order valence-electron chi connectivity index (χ2n) is 10.6. The van der Waals surface area contributed by atoms with Gasteiger partial charge in [0.1, 0.15) is 0 Å². The number of aryl methyl sites for hydroxylation is 12. The third kappa shape index (κ3) is 70.7. The molecule has 3 radical (unpaired) electrons. The van der Waals surface area contributed by atoms with E-state index < -0.39 is 0 Å². The summed E-state index contributed by atoms with van der Waals surface area (Å²) in [5.74, 6) is 0. The molecule has 0 aliphatic heterocycles. The van der Waals surface area contributed by atoms with E-state index in [1.165, 1.54) is 64.3 Å². The Morgan fingerprint density at radius 2 is 0.373 bits per heavy atom. The molecule has 6 rings (SSSR count). The van der Waals surface area contributed by atoms with E-state index in [1.54, 1.807) is 0 Å². The molecule has 0 aliphatic rings. The molecule has 0 aliphatic carbocycles. The minimum absolute atomic E-state index is 0. The Balaban J connectivity index is -0.0000000571. The fraction of sp³-hybridized carbons (Fsp3) is 0.368. The molecule has 29 heteroatoms. The van der Waals surface area contributed by atoms with Crippen molar-refractivity contribution in [2.75, 3.05) is 14.2 Å². The fourth-order valence-electron chi connectivity index (χ4n) is 2.47. The molecule has 20 nitrogen and oxygen atoms in total. The maximum Gasteiger partial charge on any atom is 2.00 e. The Hall–Kier alpha value is -4.46. The molecule has 0 bridgehead atoms. The van der Waals surface area contributed by atoms with Crippen LogP contribution in [0.5, 0.6) is 0 Å². The monoisotopic (exact) mass is 1180 g/mol. The Bertz CT molecular complexity index is 1660. The van der Waals surface area contributed by atoms with Gasteiger partial charge in [0.2, 0.25) is 0 Å². The summed E-state index contributed by atoms with van der Waals surface area (Å²) in [7, 11) is 2.00. The maximum atomic E-state index is 7.13. The van der Waals surface area contributed by atoms with Crippen molar-refractivity contribution in [1.29, 1.82) is 0 Å². The third-order valence-electron chi connectivity index (χ3n) is 6.49. The number of hydrogen-bond acceptors (Lipinski definition) is 14. The number of isothiocyanates is 6. The van der Waals surface area contributed by atoms with E-state index in [0.717, 1.165) is 48.4 Å². The second-order valence-corrected chi connectivity index (χ2v) is 11.7. The molecule has 0 saturated heterocycles. The zero-order valence-electron chi connectivity index (χ0n) is 39.1. The molecule has 0 fully saturated rings. The molecule has 0 atom stereocenters. The van der Waals surface area contributed by atoms with E-state index >= 15 is 0 Å². The SMILES string of the molecule is CO.CO.Cc1cn[nH]c1C.Cc1cn[nH]c1C.Cc1cn[nH]c1C.Cc1cn[nH]c1C.Cc1cn[nH]c1C.Cc1cn[nH]c1C.[Cu+2].[Cu+2].[Cu+2].[N-]=C=S.[N-]=C=S.[N-]=C=S.[N-]=C=S.[N-]=C=S.[N-]=C=S. The summed E-state index contributed by atoms with van der Waals surface area (Å²) in [6.07, 6.45) is 10.9. The first kappa shape index (κ1) is 89.2. The van der Waals surface area contributed by atoms with Crippen LogP contribution in [0, 0.1) is 83.1 Å². The summed E-state index contributed by atoms with van der Waals surface area (Å²) in [6.45, 7) is 24.2. The van der Waals surface area contributed by atoms with Gasteiger partial charge in [-0.3, -0.25) is 30.6 Å². The second kappa shape index (κ2) is 73.1. The van der Waals surface area contributed by atoms with E-state index in [9.17, 15) is 0 Å². The standard InChI is InChI=1S/6C5H8N2.6CNS.2CH4O.3Cu/c6*1-4-3-6-7-5(4)2;6*2-1-3;2*1-2;;;/h6*3H,1-2H3,(H,6,7);;;;;;;2*2H,1H3;;;/q;;;;;;6*-1;;;3*+2. The number of aliphatic hydroxyl groups excluding tert-OH is 2. The first-order chi connectivity index (χ1) is 30.3. The number of aromatic nitrogens is 12. The van der Waals surface area contributed by atoms with Crippen LogP contribution < -0.4 is 0 Å². The number of H-pyrrole nitrogens is 6. The van der Waals surface area contributed by atoms with Crippen molar-refractivity contribution in [3.63, 3.8) is 0 Å². The van der Waals surface area contributed by atoms with Crippen LogP contribution in [0.1, 0.15) is 67.5 Å². The van der Waals surface area contributed by atoms with Gasteiger partial charge in [0.05, 0.1) is 37.2 Å². The number of nitrogens with one attached hydrogen (secondary N) is 6. The van der Waals surface area contributed by atoms with E-state index in [0.29, 0.717) is 0 Å². The fourth-order valence-corrected chi connectivity index (χ4v) is 2.47. The molecule has 0 unspecified atom stereocenters. The minimum atomic E-state index is 0. The van der Waals surface area contributed by atoms with Gasteiger partial charge in [0.15, 0.2) is 0 Å². The van der Waals surface area contributed by atoms with Crippen LogP contribution in [-0.4, -0.2) is 117 Å². The van der Waals surface area contributed by atoms with Crippen molar-refractivity contribution >= 4 is 104 Å². The molecule has 8 N–H and O–H groups in total. The minimum Gasteiger partial charge on any atom is -0.753 e. The molecule has 0 saturated carbocycles. The summed E-state index contributed by atoms with van der Waals surface area (Å²) >= 11 is 22.2. The van der Waals surface area contributed by atoms with Crippen molar-refractivity contribution < 1.29 is 61.4 Å². The Kier molecular flexibility index (Phi) is 97.3. The van der Waals surface area contributed by atoms with Crippen LogP contribution >= 0.6 is 73.3 Å². The average Bonchev–Trinajstić information content (AvgIpc) is 4.15. The number of aliphatic hydroxyl groups is 2. The quantitative estimate of drug-likeness (QED) is 0.0399. The van der Waals surface area contributed by atoms with Gasteiger partial charge in [-0.1, -0.05) is 73.3 Å². The third-order valence-corrected chi connectivity index (χ3v) is 6.49. The van der Waals surface area contributed by atoms with Crippen molar-refractivity contribution in [1.82, 2.24) is 61.2 Å². The van der Waals surface area contributed by atoms with Crippen LogP contribution in [0.3, 0.4) is 0 Å². The van der Waals surface area contributed by atoms with Gasteiger partial charge in [-0.15, -0.1) is 0 Å². The molecule has 6 aromatic heterocycles. The number of thiocarbonyl (C=S) groups is 6. The predicted molar refractivity (Wildman–Crippen MR) is 280 cm³/mol. The van der Waals surface area contributed by atoms with Crippen molar-refractivity contribution in [3.05, 3.63) is 137 Å². The Morgan fingerprint density at radius 3 is 0.388 bits per heavy atom.